The standard InChI is InChI=1S/C13H19ClN3O13P3/c1-3-5-13(14)10(18)9(27-11(13)17-6-4-8(15)16-12(17)19)7(2)28-32(23,24)30-33(25,26)29-31(20,21)22/h4,6-7,9-11,18H,1-2H3,(H,23,24)(H,25,26)(H2,15,16,19)(H2,20,21,22)/t7-,9-,10+,11-,13?/m1/s1. The molecule has 186 valence electrons. The van der Waals surface area contributed by atoms with Crippen molar-refractivity contribution in [3.63, 3.8) is 0 Å². The molecule has 0 spiro atoms. The summed E-state index contributed by atoms with van der Waals surface area (Å²) in [6.07, 6.45) is -5.33. The van der Waals surface area contributed by atoms with Crippen LogP contribution in [0.15, 0.2) is 17.1 Å². The van der Waals surface area contributed by atoms with Crippen molar-refractivity contribution in [3.8, 4) is 11.8 Å². The molecule has 3 unspecified atom stereocenters. The van der Waals surface area contributed by atoms with Gasteiger partial charge in [-0.3, -0.25) is 9.09 Å². The summed E-state index contributed by atoms with van der Waals surface area (Å²) in [5, 5.41) is 10.7. The van der Waals surface area contributed by atoms with Gasteiger partial charge in [0, 0.05) is 6.20 Å². The highest BCUT2D eigenvalue weighted by Gasteiger charge is 2.58. The Bertz CT molecular complexity index is 1160. The van der Waals surface area contributed by atoms with Crippen LogP contribution in [0.25, 0.3) is 0 Å². The minimum Gasteiger partial charge on any atom is -0.387 e. The first kappa shape index (κ1) is 28.1. The average Bonchev–Trinajstić information content (AvgIpc) is 2.83. The zero-order valence-corrected chi connectivity index (χ0v) is 20.1. The first-order valence-corrected chi connectivity index (χ1v) is 13.4. The van der Waals surface area contributed by atoms with E-state index in [0.717, 1.165) is 17.7 Å². The molecule has 0 radical (unpaired) electrons. The molecule has 1 fully saturated rings. The number of halogens is 1. The molecule has 0 aliphatic carbocycles. The van der Waals surface area contributed by atoms with E-state index in [-0.39, 0.29) is 5.82 Å². The lowest BCUT2D eigenvalue weighted by Crippen LogP contribution is -2.45. The maximum atomic E-state index is 12.2. The van der Waals surface area contributed by atoms with Crippen LogP contribution in [0.4, 0.5) is 5.82 Å². The van der Waals surface area contributed by atoms with E-state index in [4.69, 9.17) is 31.9 Å². The zero-order valence-electron chi connectivity index (χ0n) is 16.7. The Morgan fingerprint density at radius 1 is 1.27 bits per heavy atom. The van der Waals surface area contributed by atoms with Crippen molar-refractivity contribution in [2.24, 2.45) is 0 Å². The Balaban J connectivity index is 2.31. The predicted octanol–water partition coefficient (Wildman–Crippen LogP) is -0.184. The third kappa shape index (κ3) is 6.94. The van der Waals surface area contributed by atoms with Gasteiger partial charge in [-0.1, -0.05) is 17.5 Å². The number of ether oxygens (including phenoxy) is 1. The van der Waals surface area contributed by atoms with E-state index >= 15 is 0 Å². The highest BCUT2D eigenvalue weighted by atomic mass is 35.5. The second-order valence-corrected chi connectivity index (χ2v) is 11.5. The number of aliphatic hydroxyl groups is 1. The normalized spacial score (nSPS) is 30.0. The van der Waals surface area contributed by atoms with Crippen LogP contribution in [0.1, 0.15) is 20.1 Å². The number of hydrogen-bond acceptors (Lipinski definition) is 11. The van der Waals surface area contributed by atoms with Gasteiger partial charge in [-0.2, -0.15) is 13.6 Å². The maximum Gasteiger partial charge on any atom is 0.490 e. The van der Waals surface area contributed by atoms with Gasteiger partial charge in [0.25, 0.3) is 0 Å². The molecule has 1 saturated heterocycles. The molecule has 7 N–H and O–H groups in total. The van der Waals surface area contributed by atoms with Crippen LogP contribution in [0, 0.1) is 11.8 Å². The summed E-state index contributed by atoms with van der Waals surface area (Å²) in [6, 6.07) is 1.23. The molecule has 7 atom stereocenters. The molecular weight excluding hydrogens is 535 g/mol. The molecule has 33 heavy (non-hydrogen) atoms. The molecular formula is C13H19ClN3O13P3. The van der Waals surface area contributed by atoms with Crippen molar-refractivity contribution in [3.05, 3.63) is 22.7 Å². The van der Waals surface area contributed by atoms with Crippen molar-refractivity contribution in [2.75, 3.05) is 5.73 Å². The van der Waals surface area contributed by atoms with E-state index in [1.165, 1.54) is 13.0 Å². The van der Waals surface area contributed by atoms with Crippen LogP contribution >= 0.6 is 35.1 Å². The first-order chi connectivity index (χ1) is 14.9. The topological polar surface area (TPSA) is 250 Å². The fraction of sp³-hybridized carbons (Fsp3) is 0.538. The smallest absolute Gasteiger partial charge is 0.387 e. The maximum absolute atomic E-state index is 12.2. The number of rotatable bonds is 8. The number of anilines is 1. The van der Waals surface area contributed by atoms with Gasteiger partial charge in [0.1, 0.15) is 18.0 Å². The van der Waals surface area contributed by atoms with Crippen LogP contribution in [-0.4, -0.2) is 57.4 Å². The van der Waals surface area contributed by atoms with Gasteiger partial charge in [-0.15, -0.1) is 5.92 Å². The SMILES string of the molecule is CC#CC1(Cl)[C@@H](O)[C@@H]([C@@H](C)OP(=O)(O)OP(=O)(O)OP(=O)(O)O)O[C@H]1n1ccc(N)nc1=O. The monoisotopic (exact) mass is 553 g/mol. The summed E-state index contributed by atoms with van der Waals surface area (Å²) in [7, 11) is -16.9. The third-order valence-electron chi connectivity index (χ3n) is 3.99. The highest BCUT2D eigenvalue weighted by molar-refractivity contribution is 7.66. The Hall–Kier alpha value is -1.14. The molecule has 1 aliphatic heterocycles. The Kier molecular flexibility index (Phi) is 8.39. The van der Waals surface area contributed by atoms with Crippen molar-refractivity contribution < 1.29 is 56.3 Å². The van der Waals surface area contributed by atoms with Crippen LogP contribution in [-0.2, 0) is 31.6 Å². The number of phosphoric acid groups is 3. The second kappa shape index (κ2) is 9.85. The number of aromatic nitrogens is 2. The summed E-state index contributed by atoms with van der Waals surface area (Å²) in [5.74, 6) is 4.83. The molecule has 1 aliphatic rings. The van der Waals surface area contributed by atoms with Crippen molar-refractivity contribution in [1.29, 1.82) is 0 Å². The number of nitrogens with zero attached hydrogens (tertiary/aromatic N) is 2. The number of phosphoric ester groups is 1. The number of nitrogens with two attached hydrogens (primary N) is 1. The minimum atomic E-state index is -5.76. The minimum absolute atomic E-state index is 0.117. The summed E-state index contributed by atoms with van der Waals surface area (Å²) in [4.78, 5) is 49.9. The van der Waals surface area contributed by atoms with E-state index in [9.17, 15) is 33.4 Å². The number of aliphatic hydroxyl groups excluding tert-OH is 1. The van der Waals surface area contributed by atoms with E-state index in [0.29, 0.717) is 0 Å². The van der Waals surface area contributed by atoms with Gasteiger partial charge in [0.15, 0.2) is 11.1 Å². The molecule has 2 heterocycles. The molecule has 0 saturated carbocycles. The number of nitrogen functional groups attached to an aromatic ring is 1. The Morgan fingerprint density at radius 2 is 1.88 bits per heavy atom. The summed E-state index contributed by atoms with van der Waals surface area (Å²) < 4.78 is 52.6. The van der Waals surface area contributed by atoms with E-state index < -0.39 is 58.6 Å². The molecule has 1 aromatic heterocycles. The summed E-state index contributed by atoms with van der Waals surface area (Å²) in [6.45, 7) is 2.44. The highest BCUT2D eigenvalue weighted by Crippen LogP contribution is 2.66. The van der Waals surface area contributed by atoms with E-state index in [1.807, 2.05) is 0 Å². The predicted molar refractivity (Wildman–Crippen MR) is 109 cm³/mol. The fourth-order valence-electron chi connectivity index (χ4n) is 2.84. The van der Waals surface area contributed by atoms with Crippen LogP contribution in [0.2, 0.25) is 0 Å². The molecule has 16 nitrogen and oxygen atoms in total. The second-order valence-electron chi connectivity index (χ2n) is 6.48. The fourth-order valence-corrected chi connectivity index (χ4v) is 6.42. The molecule has 0 amide bonds. The molecule has 20 heteroatoms. The summed E-state index contributed by atoms with van der Waals surface area (Å²) in [5.41, 5.74) is 4.52. The van der Waals surface area contributed by atoms with E-state index in [2.05, 4.69) is 30.0 Å². The summed E-state index contributed by atoms with van der Waals surface area (Å²) >= 11 is 6.45. The average molecular weight is 554 g/mol. The third-order valence-corrected chi connectivity index (χ3v) is 8.42. The molecule has 2 rings (SSSR count). The van der Waals surface area contributed by atoms with Gasteiger partial charge in [0.05, 0.1) is 6.10 Å². The lowest BCUT2D eigenvalue weighted by molar-refractivity contribution is -0.0749. The molecule has 1 aromatic rings. The molecule has 0 aromatic carbocycles. The van der Waals surface area contributed by atoms with Gasteiger partial charge in [0.2, 0.25) is 0 Å². The largest absolute Gasteiger partial charge is 0.490 e. The quantitative estimate of drug-likeness (QED) is 0.139. The van der Waals surface area contributed by atoms with Gasteiger partial charge >= 0.3 is 29.2 Å². The van der Waals surface area contributed by atoms with Gasteiger partial charge < -0.3 is 35.2 Å². The van der Waals surface area contributed by atoms with Crippen molar-refractivity contribution in [1.82, 2.24) is 9.55 Å². The number of hydrogen-bond donors (Lipinski definition) is 6. The zero-order chi connectivity index (χ0) is 25.4. The van der Waals surface area contributed by atoms with Crippen molar-refractivity contribution in [2.45, 2.75) is 43.3 Å². The molecule has 0 bridgehead atoms. The van der Waals surface area contributed by atoms with Crippen LogP contribution in [0.3, 0.4) is 0 Å². The van der Waals surface area contributed by atoms with Gasteiger partial charge in [-0.25, -0.2) is 18.5 Å². The Morgan fingerprint density at radius 3 is 2.39 bits per heavy atom. The number of alkyl halides is 1. The van der Waals surface area contributed by atoms with Crippen LogP contribution < -0.4 is 11.4 Å². The van der Waals surface area contributed by atoms with Crippen LogP contribution in [0.5, 0.6) is 0 Å². The van der Waals surface area contributed by atoms with Crippen molar-refractivity contribution >= 4 is 40.9 Å². The van der Waals surface area contributed by atoms with Gasteiger partial charge in [-0.05, 0) is 19.9 Å². The Labute approximate surface area is 190 Å². The first-order valence-electron chi connectivity index (χ1n) is 8.54. The van der Waals surface area contributed by atoms with E-state index in [1.54, 1.807) is 0 Å². The lowest BCUT2D eigenvalue weighted by atomic mass is 9.96. The lowest BCUT2D eigenvalue weighted by Gasteiger charge is -2.26.